The number of hydrogen-bond acceptors (Lipinski definition) is 5. The third-order valence-corrected chi connectivity index (χ3v) is 7.38. The van der Waals surface area contributed by atoms with Gasteiger partial charge in [0.25, 0.3) is 0 Å². The summed E-state index contributed by atoms with van der Waals surface area (Å²) in [5, 5.41) is 2.85. The molecule has 3 rings (SSSR count). The highest BCUT2D eigenvalue weighted by molar-refractivity contribution is 5.74. The van der Waals surface area contributed by atoms with Gasteiger partial charge in [-0.05, 0) is 38.0 Å². The number of urea groups is 1. The SMILES string of the molecule is COC1CC(CN2CCN(C(=O)NC3CCCC(C(F)(F)F)C3)CC2)CC(OC)C1OC. The lowest BCUT2D eigenvalue weighted by Gasteiger charge is -2.42. The van der Waals surface area contributed by atoms with Gasteiger partial charge in [-0.1, -0.05) is 6.42 Å². The third-order valence-electron chi connectivity index (χ3n) is 7.38. The lowest BCUT2D eigenvalue weighted by Crippen LogP contribution is -2.55. The van der Waals surface area contributed by atoms with E-state index in [1.165, 1.54) is 0 Å². The van der Waals surface area contributed by atoms with E-state index < -0.39 is 18.1 Å². The van der Waals surface area contributed by atoms with Crippen molar-refractivity contribution in [1.82, 2.24) is 15.1 Å². The van der Waals surface area contributed by atoms with Gasteiger partial charge in [0.15, 0.2) is 0 Å². The van der Waals surface area contributed by atoms with Crippen LogP contribution in [0.15, 0.2) is 0 Å². The Hall–Kier alpha value is -1.10. The van der Waals surface area contributed by atoms with Crippen LogP contribution in [0, 0.1) is 11.8 Å². The van der Waals surface area contributed by atoms with Crippen LogP contribution in [0.25, 0.3) is 0 Å². The second-order valence-corrected chi connectivity index (χ2v) is 9.43. The van der Waals surface area contributed by atoms with Crippen LogP contribution in [0.4, 0.5) is 18.0 Å². The molecule has 0 aromatic carbocycles. The molecule has 0 spiro atoms. The summed E-state index contributed by atoms with van der Waals surface area (Å²) >= 11 is 0. The highest BCUT2D eigenvalue weighted by Crippen LogP contribution is 2.37. The third kappa shape index (κ3) is 6.48. The smallest absolute Gasteiger partial charge is 0.379 e. The summed E-state index contributed by atoms with van der Waals surface area (Å²) in [6.45, 7) is 3.57. The second-order valence-electron chi connectivity index (χ2n) is 9.43. The summed E-state index contributed by atoms with van der Waals surface area (Å²) in [6.07, 6.45) is -1.20. The van der Waals surface area contributed by atoms with Crippen LogP contribution in [-0.2, 0) is 14.2 Å². The molecule has 1 N–H and O–H groups in total. The molecule has 7 nitrogen and oxygen atoms in total. The van der Waals surface area contributed by atoms with E-state index in [4.69, 9.17) is 14.2 Å². The molecule has 4 atom stereocenters. The molecule has 1 saturated heterocycles. The Balaban J connectivity index is 1.43. The minimum atomic E-state index is -4.18. The van der Waals surface area contributed by atoms with E-state index in [1.807, 2.05) is 0 Å². The van der Waals surface area contributed by atoms with Gasteiger partial charge in [-0.25, -0.2) is 4.79 Å². The second kappa shape index (κ2) is 11.4. The molecule has 186 valence electrons. The monoisotopic (exact) mass is 465 g/mol. The lowest BCUT2D eigenvalue weighted by molar-refractivity contribution is -0.183. The predicted molar refractivity (Wildman–Crippen MR) is 113 cm³/mol. The molecule has 1 heterocycles. The van der Waals surface area contributed by atoms with E-state index in [9.17, 15) is 18.0 Å². The van der Waals surface area contributed by atoms with Crippen LogP contribution in [0.2, 0.25) is 0 Å². The van der Waals surface area contributed by atoms with Crippen molar-refractivity contribution in [2.75, 3.05) is 54.1 Å². The summed E-state index contributed by atoms with van der Waals surface area (Å²) in [5.41, 5.74) is 0. The molecule has 2 saturated carbocycles. The topological polar surface area (TPSA) is 63.3 Å². The largest absolute Gasteiger partial charge is 0.391 e. The quantitative estimate of drug-likeness (QED) is 0.654. The fraction of sp³-hybridized carbons (Fsp3) is 0.955. The zero-order chi connectivity index (χ0) is 23.3. The maximum Gasteiger partial charge on any atom is 0.391 e. The Bertz CT molecular complexity index is 587. The van der Waals surface area contributed by atoms with Gasteiger partial charge in [0, 0.05) is 60.1 Å². The average Bonchev–Trinajstić information content (AvgIpc) is 2.78. The Morgan fingerprint density at radius 1 is 0.938 bits per heavy atom. The summed E-state index contributed by atoms with van der Waals surface area (Å²) in [7, 11) is 5.09. The first-order valence-electron chi connectivity index (χ1n) is 11.7. The Morgan fingerprint density at radius 2 is 1.56 bits per heavy atom. The number of rotatable bonds is 6. The number of carbonyl (C=O) groups is 1. The van der Waals surface area contributed by atoms with Crippen molar-refractivity contribution in [2.45, 2.75) is 69.1 Å². The Labute approximate surface area is 188 Å². The molecule has 2 aliphatic carbocycles. The number of methoxy groups -OCH3 is 3. The van der Waals surface area contributed by atoms with E-state index in [1.54, 1.807) is 26.2 Å². The molecule has 4 unspecified atom stereocenters. The molecule has 10 heteroatoms. The number of nitrogens with one attached hydrogen (secondary N) is 1. The van der Waals surface area contributed by atoms with Gasteiger partial charge in [-0.15, -0.1) is 0 Å². The fourth-order valence-electron chi connectivity index (χ4n) is 5.56. The average molecular weight is 466 g/mol. The molecule has 0 radical (unpaired) electrons. The molecule has 3 aliphatic rings. The highest BCUT2D eigenvalue weighted by atomic mass is 19.4. The molecule has 1 aliphatic heterocycles. The van der Waals surface area contributed by atoms with E-state index in [2.05, 4.69) is 10.2 Å². The maximum atomic E-state index is 13.0. The zero-order valence-electron chi connectivity index (χ0n) is 19.4. The van der Waals surface area contributed by atoms with Gasteiger partial charge in [0.05, 0.1) is 18.1 Å². The van der Waals surface area contributed by atoms with Crippen molar-refractivity contribution in [2.24, 2.45) is 11.8 Å². The first-order chi connectivity index (χ1) is 15.2. The standard InChI is InChI=1S/C22H38F3N3O4/c1-30-18-11-15(12-19(31-2)20(18)32-3)14-27-7-9-28(10-8-27)21(29)26-17-6-4-5-16(13-17)22(23,24)25/h15-20H,4-14H2,1-3H3,(H,26,29). The molecule has 0 bridgehead atoms. The number of hydrogen-bond donors (Lipinski definition) is 1. The van der Waals surface area contributed by atoms with Crippen molar-refractivity contribution >= 4 is 6.03 Å². The van der Waals surface area contributed by atoms with Crippen LogP contribution in [0.1, 0.15) is 38.5 Å². The number of amides is 2. The zero-order valence-corrected chi connectivity index (χ0v) is 19.4. The number of nitrogens with zero attached hydrogens (tertiary/aromatic N) is 2. The van der Waals surface area contributed by atoms with Crippen molar-refractivity contribution in [3.05, 3.63) is 0 Å². The fourth-order valence-corrected chi connectivity index (χ4v) is 5.56. The van der Waals surface area contributed by atoms with Crippen LogP contribution in [-0.4, -0.2) is 100 Å². The van der Waals surface area contributed by atoms with Gasteiger partial charge in [-0.3, -0.25) is 4.90 Å². The van der Waals surface area contributed by atoms with Gasteiger partial charge >= 0.3 is 12.2 Å². The Morgan fingerprint density at radius 3 is 2.09 bits per heavy atom. The van der Waals surface area contributed by atoms with Crippen molar-refractivity contribution in [1.29, 1.82) is 0 Å². The van der Waals surface area contributed by atoms with E-state index in [0.29, 0.717) is 31.8 Å². The van der Waals surface area contributed by atoms with E-state index in [0.717, 1.165) is 32.5 Å². The molecular weight excluding hydrogens is 427 g/mol. The number of carbonyl (C=O) groups excluding carboxylic acids is 1. The molecule has 3 fully saturated rings. The van der Waals surface area contributed by atoms with Crippen molar-refractivity contribution in [3.63, 3.8) is 0 Å². The predicted octanol–water partition coefficient (Wildman–Crippen LogP) is 2.89. The van der Waals surface area contributed by atoms with Crippen LogP contribution in [0.5, 0.6) is 0 Å². The number of halogens is 3. The van der Waals surface area contributed by atoms with E-state index >= 15 is 0 Å². The van der Waals surface area contributed by atoms with Crippen molar-refractivity contribution < 1.29 is 32.2 Å². The summed E-state index contributed by atoms with van der Waals surface area (Å²) in [4.78, 5) is 16.7. The summed E-state index contributed by atoms with van der Waals surface area (Å²) < 4.78 is 55.9. The maximum absolute atomic E-state index is 13.0. The van der Waals surface area contributed by atoms with Gasteiger partial charge in [0.2, 0.25) is 0 Å². The number of piperazine rings is 1. The summed E-state index contributed by atoms with van der Waals surface area (Å²) in [6, 6.07) is -0.634. The van der Waals surface area contributed by atoms with Gasteiger partial charge in [-0.2, -0.15) is 13.2 Å². The lowest BCUT2D eigenvalue weighted by atomic mass is 9.82. The number of ether oxygens (including phenoxy) is 3. The first kappa shape index (κ1) is 25.5. The number of alkyl halides is 3. The van der Waals surface area contributed by atoms with Crippen molar-refractivity contribution in [3.8, 4) is 0 Å². The van der Waals surface area contributed by atoms with Gasteiger partial charge in [0.1, 0.15) is 6.10 Å². The summed E-state index contributed by atoms with van der Waals surface area (Å²) in [5.74, 6) is -0.892. The normalized spacial score (nSPS) is 35.0. The first-order valence-corrected chi connectivity index (χ1v) is 11.7. The molecular formula is C22H38F3N3O4. The van der Waals surface area contributed by atoms with Gasteiger partial charge < -0.3 is 24.4 Å². The minimum absolute atomic E-state index is 0.00761. The Kier molecular flexibility index (Phi) is 9.05. The van der Waals surface area contributed by atoms with Crippen LogP contribution >= 0.6 is 0 Å². The molecule has 0 aromatic heterocycles. The van der Waals surface area contributed by atoms with Crippen LogP contribution < -0.4 is 5.32 Å². The highest BCUT2D eigenvalue weighted by Gasteiger charge is 2.43. The minimum Gasteiger partial charge on any atom is -0.379 e. The molecule has 0 aromatic rings. The van der Waals surface area contributed by atoms with E-state index in [-0.39, 0.29) is 37.2 Å². The molecule has 2 amide bonds. The van der Waals surface area contributed by atoms with Crippen LogP contribution in [0.3, 0.4) is 0 Å². The molecule has 32 heavy (non-hydrogen) atoms.